The summed E-state index contributed by atoms with van der Waals surface area (Å²) in [6, 6.07) is 0.0514. The fourth-order valence-electron chi connectivity index (χ4n) is 2.78. The molecule has 0 aromatic rings. The van der Waals surface area contributed by atoms with Gasteiger partial charge in [0, 0.05) is 12.6 Å². The monoisotopic (exact) mass is 242 g/mol. The number of carboxylic acids is 1. The molecule has 1 unspecified atom stereocenters. The van der Waals surface area contributed by atoms with Crippen LogP contribution in [0.1, 0.15) is 46.0 Å². The van der Waals surface area contributed by atoms with E-state index in [0.717, 1.165) is 19.4 Å². The van der Waals surface area contributed by atoms with Crippen LogP contribution in [0.5, 0.6) is 0 Å². The van der Waals surface area contributed by atoms with Crippen LogP contribution in [0.4, 0.5) is 0 Å². The van der Waals surface area contributed by atoms with Crippen molar-refractivity contribution in [2.75, 3.05) is 13.1 Å². The number of rotatable bonds is 7. The number of carbonyl (C=O) groups is 1. The van der Waals surface area contributed by atoms with Gasteiger partial charge in [-0.05, 0) is 31.7 Å². The standard InChI is InChI=1S/C13H26N2O2/c1-10(2)9-15(11-5-3-4-6-11)12(7-8-14)13(16)17/h10-12H,3-9,14H2,1-2H3,(H,16,17). The molecular formula is C13H26N2O2. The van der Waals surface area contributed by atoms with Gasteiger partial charge in [0.2, 0.25) is 0 Å². The minimum Gasteiger partial charge on any atom is -0.480 e. The molecule has 0 aliphatic heterocycles. The number of hydrogen-bond donors (Lipinski definition) is 2. The number of carboxylic acid groups (broad SMARTS) is 1. The summed E-state index contributed by atoms with van der Waals surface area (Å²) in [6.45, 7) is 5.59. The van der Waals surface area contributed by atoms with Gasteiger partial charge in [-0.3, -0.25) is 9.69 Å². The zero-order valence-electron chi connectivity index (χ0n) is 11.1. The van der Waals surface area contributed by atoms with Crippen LogP contribution in [-0.4, -0.2) is 41.1 Å². The van der Waals surface area contributed by atoms with Gasteiger partial charge in [-0.25, -0.2) is 0 Å². The van der Waals surface area contributed by atoms with Crippen LogP contribution >= 0.6 is 0 Å². The van der Waals surface area contributed by atoms with E-state index in [4.69, 9.17) is 5.73 Å². The van der Waals surface area contributed by atoms with Gasteiger partial charge < -0.3 is 10.8 Å². The van der Waals surface area contributed by atoms with Crippen molar-refractivity contribution >= 4 is 5.97 Å². The molecule has 1 aliphatic rings. The van der Waals surface area contributed by atoms with Gasteiger partial charge in [-0.2, -0.15) is 0 Å². The Hall–Kier alpha value is -0.610. The van der Waals surface area contributed by atoms with Crippen LogP contribution in [0.2, 0.25) is 0 Å². The highest BCUT2D eigenvalue weighted by molar-refractivity contribution is 5.73. The zero-order chi connectivity index (χ0) is 12.8. The third kappa shape index (κ3) is 4.28. The lowest BCUT2D eigenvalue weighted by Crippen LogP contribution is -2.49. The Morgan fingerprint density at radius 1 is 1.41 bits per heavy atom. The molecule has 1 aliphatic carbocycles. The van der Waals surface area contributed by atoms with Crippen molar-refractivity contribution in [1.29, 1.82) is 0 Å². The zero-order valence-corrected chi connectivity index (χ0v) is 11.1. The molecule has 17 heavy (non-hydrogen) atoms. The Morgan fingerprint density at radius 3 is 2.41 bits per heavy atom. The van der Waals surface area contributed by atoms with Crippen molar-refractivity contribution in [3.05, 3.63) is 0 Å². The van der Waals surface area contributed by atoms with Crippen molar-refractivity contribution < 1.29 is 9.90 Å². The molecule has 1 atom stereocenters. The highest BCUT2D eigenvalue weighted by Gasteiger charge is 2.32. The van der Waals surface area contributed by atoms with Gasteiger partial charge in [0.1, 0.15) is 6.04 Å². The lowest BCUT2D eigenvalue weighted by atomic mass is 10.0. The fourth-order valence-corrected chi connectivity index (χ4v) is 2.78. The second-order valence-corrected chi connectivity index (χ2v) is 5.46. The number of aliphatic carboxylic acids is 1. The van der Waals surface area contributed by atoms with Crippen LogP contribution < -0.4 is 5.73 Å². The van der Waals surface area contributed by atoms with E-state index in [1.54, 1.807) is 0 Å². The first kappa shape index (κ1) is 14.5. The predicted molar refractivity (Wildman–Crippen MR) is 68.9 cm³/mol. The first-order valence-electron chi connectivity index (χ1n) is 6.74. The maximum Gasteiger partial charge on any atom is 0.320 e. The van der Waals surface area contributed by atoms with E-state index in [2.05, 4.69) is 18.7 Å². The number of nitrogens with two attached hydrogens (primary N) is 1. The van der Waals surface area contributed by atoms with E-state index in [1.165, 1.54) is 12.8 Å². The van der Waals surface area contributed by atoms with Gasteiger partial charge in [0.25, 0.3) is 0 Å². The summed E-state index contributed by atoms with van der Waals surface area (Å²) in [7, 11) is 0. The lowest BCUT2D eigenvalue weighted by molar-refractivity contribution is -0.144. The van der Waals surface area contributed by atoms with Crippen molar-refractivity contribution in [1.82, 2.24) is 4.90 Å². The van der Waals surface area contributed by atoms with Crippen LogP contribution in [0.3, 0.4) is 0 Å². The third-order valence-electron chi connectivity index (χ3n) is 3.50. The lowest BCUT2D eigenvalue weighted by Gasteiger charge is -2.35. The van der Waals surface area contributed by atoms with E-state index < -0.39 is 12.0 Å². The van der Waals surface area contributed by atoms with E-state index in [0.29, 0.717) is 24.9 Å². The molecule has 3 N–H and O–H groups in total. The van der Waals surface area contributed by atoms with Crippen LogP contribution in [0.15, 0.2) is 0 Å². The maximum atomic E-state index is 11.4. The van der Waals surface area contributed by atoms with E-state index in [-0.39, 0.29) is 0 Å². The molecule has 0 saturated heterocycles. The molecule has 4 heteroatoms. The van der Waals surface area contributed by atoms with Crippen LogP contribution in [0.25, 0.3) is 0 Å². The Labute approximate surface area is 104 Å². The maximum absolute atomic E-state index is 11.4. The Balaban J connectivity index is 2.73. The minimum absolute atomic E-state index is 0.398. The second kappa shape index (κ2) is 6.97. The summed E-state index contributed by atoms with van der Waals surface area (Å²) in [5, 5.41) is 9.35. The topological polar surface area (TPSA) is 66.6 Å². The molecule has 0 aromatic carbocycles. The summed E-state index contributed by atoms with van der Waals surface area (Å²) >= 11 is 0. The van der Waals surface area contributed by atoms with E-state index in [1.807, 2.05) is 0 Å². The molecule has 0 radical (unpaired) electrons. The summed E-state index contributed by atoms with van der Waals surface area (Å²) in [5.74, 6) is -0.224. The average molecular weight is 242 g/mol. The molecule has 0 aromatic heterocycles. The van der Waals surface area contributed by atoms with Gasteiger partial charge >= 0.3 is 5.97 Å². The smallest absolute Gasteiger partial charge is 0.320 e. The normalized spacial score (nSPS) is 19.1. The van der Waals surface area contributed by atoms with Crippen molar-refractivity contribution in [3.8, 4) is 0 Å². The Kier molecular flexibility index (Phi) is 5.92. The SMILES string of the molecule is CC(C)CN(C1CCCC1)C(CCN)C(=O)O. The van der Waals surface area contributed by atoms with Gasteiger partial charge in [0.05, 0.1) is 0 Å². The quantitative estimate of drug-likeness (QED) is 0.713. The summed E-state index contributed by atoms with van der Waals surface area (Å²) in [6.07, 6.45) is 5.29. The largest absolute Gasteiger partial charge is 0.480 e. The molecule has 100 valence electrons. The van der Waals surface area contributed by atoms with E-state index in [9.17, 15) is 9.90 Å². The van der Waals surface area contributed by atoms with E-state index >= 15 is 0 Å². The highest BCUT2D eigenvalue weighted by Crippen LogP contribution is 2.26. The molecule has 1 saturated carbocycles. The molecule has 1 rings (SSSR count). The van der Waals surface area contributed by atoms with Crippen molar-refractivity contribution in [2.45, 2.75) is 58.0 Å². The molecular weight excluding hydrogens is 216 g/mol. The predicted octanol–water partition coefficient (Wildman–Crippen LogP) is 1.69. The van der Waals surface area contributed by atoms with Gasteiger partial charge in [-0.15, -0.1) is 0 Å². The van der Waals surface area contributed by atoms with Crippen molar-refractivity contribution in [2.24, 2.45) is 11.7 Å². The molecule has 0 amide bonds. The second-order valence-electron chi connectivity index (χ2n) is 5.46. The Morgan fingerprint density at radius 2 is 2.00 bits per heavy atom. The van der Waals surface area contributed by atoms with Gasteiger partial charge in [0.15, 0.2) is 0 Å². The van der Waals surface area contributed by atoms with Gasteiger partial charge in [-0.1, -0.05) is 26.7 Å². The molecule has 0 heterocycles. The Bertz CT molecular complexity index is 238. The first-order chi connectivity index (χ1) is 8.06. The number of nitrogens with zero attached hydrogens (tertiary/aromatic N) is 1. The molecule has 1 fully saturated rings. The summed E-state index contributed by atoms with van der Waals surface area (Å²) < 4.78 is 0. The average Bonchev–Trinajstić information content (AvgIpc) is 2.75. The molecule has 4 nitrogen and oxygen atoms in total. The number of hydrogen-bond acceptors (Lipinski definition) is 3. The first-order valence-corrected chi connectivity index (χ1v) is 6.74. The summed E-state index contributed by atoms with van der Waals surface area (Å²) in [5.41, 5.74) is 5.54. The highest BCUT2D eigenvalue weighted by atomic mass is 16.4. The fraction of sp³-hybridized carbons (Fsp3) is 0.923. The van der Waals surface area contributed by atoms with Crippen LogP contribution in [-0.2, 0) is 4.79 Å². The molecule has 0 bridgehead atoms. The van der Waals surface area contributed by atoms with Crippen molar-refractivity contribution in [3.63, 3.8) is 0 Å². The summed E-state index contributed by atoms with van der Waals surface area (Å²) in [4.78, 5) is 13.6. The minimum atomic E-state index is -0.719. The third-order valence-corrected chi connectivity index (χ3v) is 3.50. The molecule has 0 spiro atoms. The van der Waals surface area contributed by atoms with Crippen LogP contribution in [0, 0.1) is 5.92 Å².